The first-order valence-electron chi connectivity index (χ1n) is 6.20. The summed E-state index contributed by atoms with van der Waals surface area (Å²) in [5.74, 6) is 1.41. The zero-order chi connectivity index (χ0) is 14.3. The van der Waals surface area contributed by atoms with Crippen LogP contribution in [0.25, 0.3) is 6.08 Å². The average Bonchev–Trinajstić information content (AvgIpc) is 2.43. The zero-order valence-corrected chi connectivity index (χ0v) is 12.3. The highest BCUT2D eigenvalue weighted by Crippen LogP contribution is 2.37. The molecule has 0 saturated carbocycles. The first kappa shape index (κ1) is 14.6. The lowest BCUT2D eigenvalue weighted by Gasteiger charge is -2.32. The van der Waals surface area contributed by atoms with E-state index in [9.17, 15) is 4.39 Å². The van der Waals surface area contributed by atoms with Gasteiger partial charge in [0.1, 0.15) is 5.82 Å². The maximum Gasteiger partial charge on any atom is 0.487 e. The van der Waals surface area contributed by atoms with Gasteiger partial charge in [0.05, 0.1) is 11.2 Å². The van der Waals surface area contributed by atoms with Crippen LogP contribution in [0.4, 0.5) is 4.39 Å². The molecule has 0 aliphatic carbocycles. The zero-order valence-electron chi connectivity index (χ0n) is 11.5. The van der Waals surface area contributed by atoms with E-state index in [-0.39, 0.29) is 17.0 Å². The Morgan fingerprint density at radius 2 is 1.68 bits per heavy atom. The summed E-state index contributed by atoms with van der Waals surface area (Å²) in [5, 5.41) is 0.369. The van der Waals surface area contributed by atoms with Crippen molar-refractivity contribution in [2.75, 3.05) is 0 Å². The molecule has 0 bridgehead atoms. The topological polar surface area (TPSA) is 18.5 Å². The number of hydrogen-bond donors (Lipinski definition) is 0. The van der Waals surface area contributed by atoms with Crippen molar-refractivity contribution in [1.82, 2.24) is 0 Å². The van der Waals surface area contributed by atoms with Crippen LogP contribution < -0.4 is 0 Å². The Hall–Kier alpha value is -0.835. The molecule has 1 aliphatic heterocycles. The molecular formula is C14H17BClFO2. The van der Waals surface area contributed by atoms with Crippen molar-refractivity contribution in [3.05, 3.63) is 40.6 Å². The van der Waals surface area contributed by atoms with Crippen molar-refractivity contribution in [2.24, 2.45) is 0 Å². The van der Waals surface area contributed by atoms with E-state index in [2.05, 4.69) is 0 Å². The second-order valence-corrected chi connectivity index (χ2v) is 6.12. The molecule has 0 spiro atoms. The summed E-state index contributed by atoms with van der Waals surface area (Å²) in [4.78, 5) is 0. The van der Waals surface area contributed by atoms with E-state index in [0.29, 0.717) is 10.6 Å². The molecule has 1 aromatic carbocycles. The molecule has 1 saturated heterocycles. The highest BCUT2D eigenvalue weighted by Gasteiger charge is 2.49. The van der Waals surface area contributed by atoms with Crippen LogP contribution in [0, 0.1) is 5.82 Å². The molecule has 2 nitrogen and oxygen atoms in total. The first-order valence-corrected chi connectivity index (χ1v) is 6.57. The number of hydrogen-bond acceptors (Lipinski definition) is 2. The monoisotopic (exact) mass is 282 g/mol. The van der Waals surface area contributed by atoms with Gasteiger partial charge in [-0.1, -0.05) is 23.7 Å². The Bertz CT molecular complexity index is 478. The molecule has 1 fully saturated rings. The molecule has 5 heteroatoms. The van der Waals surface area contributed by atoms with Gasteiger partial charge in [0.2, 0.25) is 0 Å². The third-order valence-electron chi connectivity index (χ3n) is 3.60. The molecular weight excluding hydrogens is 265 g/mol. The molecule has 1 aromatic rings. The summed E-state index contributed by atoms with van der Waals surface area (Å²) >= 11 is 5.80. The first-order chi connectivity index (χ1) is 8.69. The number of benzene rings is 1. The minimum absolute atomic E-state index is 0.360. The molecule has 2 rings (SSSR count). The number of rotatable bonds is 2. The van der Waals surface area contributed by atoms with Crippen molar-refractivity contribution in [3.63, 3.8) is 0 Å². The van der Waals surface area contributed by atoms with E-state index in [1.165, 1.54) is 12.1 Å². The molecule has 0 N–H and O–H groups in total. The van der Waals surface area contributed by atoms with Crippen LogP contribution in [0.2, 0.25) is 5.02 Å². The van der Waals surface area contributed by atoms with Gasteiger partial charge in [0, 0.05) is 5.02 Å². The highest BCUT2D eigenvalue weighted by molar-refractivity contribution is 6.52. The third kappa shape index (κ3) is 3.19. The fraction of sp³-hybridized carbons (Fsp3) is 0.429. The van der Waals surface area contributed by atoms with Crippen LogP contribution in [0.5, 0.6) is 0 Å². The van der Waals surface area contributed by atoms with Gasteiger partial charge < -0.3 is 9.31 Å². The smallest absolute Gasteiger partial charge is 0.400 e. The Kier molecular flexibility index (Phi) is 3.78. The standard InChI is InChI=1S/C14H17BClFO2/c1-13(2)14(3,4)19-15(18-13)6-5-10-7-11(16)9-12(17)8-10/h5-9H,1-4H3/b6-5+. The minimum atomic E-state index is -0.438. The van der Waals surface area contributed by atoms with Crippen molar-refractivity contribution < 1.29 is 13.7 Å². The largest absolute Gasteiger partial charge is 0.487 e. The molecule has 1 heterocycles. The Morgan fingerprint density at radius 3 is 2.21 bits per heavy atom. The summed E-state index contributed by atoms with van der Waals surface area (Å²) in [5.41, 5.74) is -0.0666. The predicted octanol–water partition coefficient (Wildman–Crippen LogP) is 4.12. The van der Waals surface area contributed by atoms with Gasteiger partial charge in [-0.25, -0.2) is 4.39 Å². The fourth-order valence-electron chi connectivity index (χ4n) is 1.83. The van der Waals surface area contributed by atoms with Crippen molar-refractivity contribution in [3.8, 4) is 0 Å². The van der Waals surface area contributed by atoms with E-state index in [1.54, 1.807) is 18.1 Å². The van der Waals surface area contributed by atoms with Crippen molar-refractivity contribution >= 4 is 24.8 Å². The maximum absolute atomic E-state index is 13.2. The summed E-state index contributed by atoms with van der Waals surface area (Å²) in [6.07, 6.45) is 1.75. The molecule has 19 heavy (non-hydrogen) atoms. The van der Waals surface area contributed by atoms with Gasteiger partial charge in [0.25, 0.3) is 0 Å². The maximum atomic E-state index is 13.2. The van der Waals surface area contributed by atoms with Gasteiger partial charge in [0.15, 0.2) is 0 Å². The Morgan fingerprint density at radius 1 is 1.11 bits per heavy atom. The van der Waals surface area contributed by atoms with Crippen LogP contribution in [0.15, 0.2) is 24.2 Å². The molecule has 0 amide bonds. The average molecular weight is 283 g/mol. The summed E-state index contributed by atoms with van der Waals surface area (Å²) in [7, 11) is -0.438. The van der Waals surface area contributed by atoms with Crippen molar-refractivity contribution in [2.45, 2.75) is 38.9 Å². The van der Waals surface area contributed by atoms with Crippen LogP contribution in [0.1, 0.15) is 33.3 Å². The summed E-state index contributed by atoms with van der Waals surface area (Å²) in [6.45, 7) is 7.94. The number of halogens is 2. The van der Waals surface area contributed by atoms with E-state index in [0.717, 1.165) is 0 Å². The second-order valence-electron chi connectivity index (χ2n) is 5.69. The van der Waals surface area contributed by atoms with E-state index in [1.807, 2.05) is 27.7 Å². The molecule has 0 unspecified atom stereocenters. The lowest BCUT2D eigenvalue weighted by molar-refractivity contribution is 0.00578. The third-order valence-corrected chi connectivity index (χ3v) is 3.82. The van der Waals surface area contributed by atoms with Gasteiger partial charge >= 0.3 is 7.12 Å². The van der Waals surface area contributed by atoms with Crippen LogP contribution in [-0.4, -0.2) is 18.3 Å². The molecule has 0 atom stereocenters. The second kappa shape index (κ2) is 4.93. The van der Waals surface area contributed by atoms with Gasteiger partial charge in [-0.2, -0.15) is 0 Å². The lowest BCUT2D eigenvalue weighted by atomic mass is 9.89. The van der Waals surface area contributed by atoms with Crippen molar-refractivity contribution in [1.29, 1.82) is 0 Å². The molecule has 1 aliphatic rings. The van der Waals surface area contributed by atoms with Crippen LogP contribution in [0.3, 0.4) is 0 Å². The van der Waals surface area contributed by atoms with Crippen LogP contribution in [-0.2, 0) is 9.31 Å². The fourth-order valence-corrected chi connectivity index (χ4v) is 2.06. The predicted molar refractivity (Wildman–Crippen MR) is 76.5 cm³/mol. The quantitative estimate of drug-likeness (QED) is 0.760. The van der Waals surface area contributed by atoms with Gasteiger partial charge in [-0.15, -0.1) is 0 Å². The highest BCUT2D eigenvalue weighted by atomic mass is 35.5. The van der Waals surface area contributed by atoms with E-state index >= 15 is 0 Å². The molecule has 0 radical (unpaired) electrons. The SMILES string of the molecule is CC1(C)OB(/C=C/c2cc(F)cc(Cl)c2)OC1(C)C. The van der Waals surface area contributed by atoms with Gasteiger partial charge in [-0.3, -0.25) is 0 Å². The lowest BCUT2D eigenvalue weighted by Crippen LogP contribution is -2.41. The van der Waals surface area contributed by atoms with Gasteiger partial charge in [-0.05, 0) is 51.5 Å². The van der Waals surface area contributed by atoms with E-state index < -0.39 is 7.12 Å². The molecule has 102 valence electrons. The van der Waals surface area contributed by atoms with E-state index in [4.69, 9.17) is 20.9 Å². The van der Waals surface area contributed by atoms with Crippen LogP contribution >= 0.6 is 11.6 Å². The molecule has 0 aromatic heterocycles. The Balaban J connectivity index is 2.12. The Labute approximate surface area is 118 Å². The summed E-state index contributed by atoms with van der Waals surface area (Å²) < 4.78 is 24.8. The normalized spacial score (nSPS) is 21.3. The summed E-state index contributed by atoms with van der Waals surface area (Å²) in [6, 6.07) is 4.37. The minimum Gasteiger partial charge on any atom is -0.400 e.